The third-order valence-electron chi connectivity index (χ3n) is 12.8. The number of aliphatic carboxylic acids is 1. The van der Waals surface area contributed by atoms with Crippen LogP contribution < -0.4 is 0 Å². The summed E-state index contributed by atoms with van der Waals surface area (Å²) in [5.74, 6) is -2.14. The molecule has 46 heavy (non-hydrogen) atoms. The maximum Gasteiger partial charge on any atom is 0.335 e. The van der Waals surface area contributed by atoms with Gasteiger partial charge in [0.1, 0.15) is 42.7 Å². The Morgan fingerprint density at radius 3 is 2.17 bits per heavy atom. The van der Waals surface area contributed by atoms with Crippen LogP contribution in [0.15, 0.2) is 12.2 Å². The van der Waals surface area contributed by atoms with Crippen molar-refractivity contribution in [1.82, 2.24) is 0 Å². The van der Waals surface area contributed by atoms with Gasteiger partial charge < -0.3 is 59.8 Å². The summed E-state index contributed by atoms with van der Waals surface area (Å²) in [6, 6.07) is 0. The van der Waals surface area contributed by atoms with Gasteiger partial charge in [0.15, 0.2) is 12.4 Å². The molecule has 4 saturated carbocycles. The summed E-state index contributed by atoms with van der Waals surface area (Å²) in [5.41, 5.74) is -1.45. The molecular weight excluding hydrogens is 608 g/mol. The molecule has 2 aliphatic heterocycles. The Kier molecular flexibility index (Phi) is 8.70. The largest absolute Gasteiger partial charge is 0.479 e. The Labute approximate surface area is 266 Å². The summed E-state index contributed by atoms with van der Waals surface area (Å²) < 4.78 is 23.1. The second-order valence-electron chi connectivity index (χ2n) is 15.2. The van der Waals surface area contributed by atoms with Crippen molar-refractivity contribution >= 4 is 11.9 Å². The molecule has 0 aromatic rings. The molecule has 8 N–H and O–H groups in total. The number of hydrogen-bond donors (Lipinski definition) is 8. The van der Waals surface area contributed by atoms with Gasteiger partial charge in [-0.15, -0.1) is 0 Å². The lowest BCUT2D eigenvalue weighted by atomic mass is 9.41. The van der Waals surface area contributed by atoms with E-state index in [-0.39, 0.29) is 22.7 Å². The fourth-order valence-corrected chi connectivity index (χ4v) is 10.5. The van der Waals surface area contributed by atoms with E-state index in [2.05, 4.69) is 13.5 Å². The van der Waals surface area contributed by atoms with Gasteiger partial charge in [-0.2, -0.15) is 0 Å². The van der Waals surface area contributed by atoms with Gasteiger partial charge in [-0.1, -0.05) is 19.9 Å². The monoisotopic (exact) mass is 656 g/mol. The summed E-state index contributed by atoms with van der Waals surface area (Å²) >= 11 is 0. The lowest BCUT2D eigenvalue weighted by molar-refractivity contribution is -0.327. The van der Waals surface area contributed by atoms with Crippen molar-refractivity contribution in [2.75, 3.05) is 6.61 Å². The van der Waals surface area contributed by atoms with Gasteiger partial charge in [0.2, 0.25) is 6.29 Å². The van der Waals surface area contributed by atoms with Crippen LogP contribution in [0.5, 0.6) is 0 Å². The number of carbonyl (C=O) groups is 2. The Hall–Kier alpha value is -1.72. The molecule has 4 aliphatic carbocycles. The number of esters is 1. The number of fused-ring (bicyclic) bond motifs is 3. The number of hydrogen-bond acceptors (Lipinski definition) is 13. The van der Waals surface area contributed by atoms with Crippen LogP contribution in [0.1, 0.15) is 71.6 Å². The quantitative estimate of drug-likeness (QED) is 0.101. The van der Waals surface area contributed by atoms with Crippen molar-refractivity contribution in [3.05, 3.63) is 12.2 Å². The van der Waals surface area contributed by atoms with E-state index < -0.39 is 91.0 Å². The lowest BCUT2D eigenvalue weighted by Gasteiger charge is -2.64. The van der Waals surface area contributed by atoms with Crippen LogP contribution in [0, 0.1) is 28.1 Å². The third-order valence-corrected chi connectivity index (χ3v) is 12.8. The molecule has 2 saturated heterocycles. The molecule has 260 valence electrons. The van der Waals surface area contributed by atoms with Gasteiger partial charge in [0.25, 0.3) is 0 Å². The summed E-state index contributed by atoms with van der Waals surface area (Å²) in [5, 5.41) is 81.1. The molecule has 14 heteroatoms. The number of ether oxygens (including phenoxy) is 4. The molecule has 16 atom stereocenters. The highest BCUT2D eigenvalue weighted by atomic mass is 16.7. The predicted octanol–water partition coefficient (Wildman–Crippen LogP) is -0.670. The molecule has 1 spiro atoms. The SMILES string of the molecule is C=C1C[C@@]23CCC4[C@@](C)(CCC[C@@]4(C)C(=O)OC4O[C@@H](C(=O)O)[C@H](O)[C@@H](O)[C@@H]4O)C2CC[C@]1(O[C@@H]1O[C@H](CO)[C@@H](O)[C@H](O)[C@H]1O)C3. The summed E-state index contributed by atoms with van der Waals surface area (Å²) in [7, 11) is 0. The Bertz CT molecular complexity index is 1230. The Balaban J connectivity index is 1.21. The minimum absolute atomic E-state index is 0.115. The smallest absolute Gasteiger partial charge is 0.335 e. The molecule has 0 amide bonds. The minimum atomic E-state index is -1.89. The second-order valence-corrected chi connectivity index (χ2v) is 15.2. The van der Waals surface area contributed by atoms with Crippen LogP contribution in [0.3, 0.4) is 0 Å². The fourth-order valence-electron chi connectivity index (χ4n) is 10.5. The number of carboxylic acids is 1. The van der Waals surface area contributed by atoms with Crippen molar-refractivity contribution in [2.45, 2.75) is 139 Å². The van der Waals surface area contributed by atoms with E-state index in [0.29, 0.717) is 32.1 Å². The molecule has 6 aliphatic rings. The Morgan fingerprint density at radius 2 is 1.50 bits per heavy atom. The van der Waals surface area contributed by atoms with Crippen molar-refractivity contribution < 1.29 is 69.4 Å². The summed E-state index contributed by atoms with van der Waals surface area (Å²) in [4.78, 5) is 25.5. The van der Waals surface area contributed by atoms with E-state index in [4.69, 9.17) is 18.9 Å². The zero-order chi connectivity index (χ0) is 33.6. The molecule has 0 aromatic heterocycles. The summed E-state index contributed by atoms with van der Waals surface area (Å²) in [6.45, 7) is 7.89. The molecule has 0 radical (unpaired) electrons. The number of aliphatic hydroxyl groups is 7. The number of carbonyl (C=O) groups excluding carboxylic acids is 1. The van der Waals surface area contributed by atoms with Gasteiger partial charge in [-0.25, -0.2) is 4.79 Å². The average Bonchev–Trinajstić information content (AvgIpc) is 3.20. The molecule has 0 aromatic carbocycles. The predicted molar refractivity (Wildman–Crippen MR) is 154 cm³/mol. The zero-order valence-corrected chi connectivity index (χ0v) is 26.2. The van der Waals surface area contributed by atoms with Crippen LogP contribution in [-0.2, 0) is 28.5 Å². The first kappa shape index (κ1) is 34.2. The van der Waals surface area contributed by atoms with E-state index in [1.54, 1.807) is 0 Å². The first-order valence-corrected chi connectivity index (χ1v) is 16.3. The van der Waals surface area contributed by atoms with Gasteiger partial charge in [0.05, 0.1) is 17.6 Å². The molecular formula is C32H48O14. The topological polar surface area (TPSA) is 233 Å². The zero-order valence-electron chi connectivity index (χ0n) is 26.2. The van der Waals surface area contributed by atoms with Gasteiger partial charge in [-0.3, -0.25) is 4.79 Å². The van der Waals surface area contributed by atoms with E-state index in [9.17, 15) is 50.4 Å². The van der Waals surface area contributed by atoms with Crippen LogP contribution in [0.2, 0.25) is 0 Å². The van der Waals surface area contributed by atoms with Crippen LogP contribution in [-0.4, -0.2) is 126 Å². The maximum atomic E-state index is 13.9. The molecule has 3 unspecified atom stereocenters. The van der Waals surface area contributed by atoms with Crippen LogP contribution >= 0.6 is 0 Å². The standard InChI is InChI=1S/C32H48O14/c1-14-11-31-9-5-16-29(2,17(31)6-10-32(14,13-31)46-27-23(39)19(35)18(34)15(12-33)43-27)7-4-8-30(16,3)28(42)45-26-22(38)20(36)21(37)24(44-26)25(40)41/h15-24,26-27,33-39H,1,4-13H2,2-3H3,(H,40,41)/t15-,16?,17?,18-,19+,20-,21-,22+,23-,24-,26?,27+,29-,30-,31-,32+/m1/s1. The van der Waals surface area contributed by atoms with E-state index >= 15 is 0 Å². The molecule has 14 nitrogen and oxygen atoms in total. The van der Waals surface area contributed by atoms with Crippen molar-refractivity contribution in [3.8, 4) is 0 Å². The fraction of sp³-hybridized carbons (Fsp3) is 0.875. The van der Waals surface area contributed by atoms with E-state index in [1.165, 1.54) is 0 Å². The number of rotatable bonds is 6. The molecule has 6 rings (SSSR count). The first-order chi connectivity index (χ1) is 21.5. The van der Waals surface area contributed by atoms with Crippen molar-refractivity contribution in [3.63, 3.8) is 0 Å². The highest BCUT2D eigenvalue weighted by Crippen LogP contribution is 2.73. The van der Waals surface area contributed by atoms with Crippen molar-refractivity contribution in [1.29, 1.82) is 0 Å². The minimum Gasteiger partial charge on any atom is -0.479 e. The third kappa shape index (κ3) is 4.98. The number of aliphatic hydroxyl groups excluding tert-OH is 7. The Morgan fingerprint density at radius 1 is 0.848 bits per heavy atom. The normalized spacial score (nSPS) is 53.6. The first-order valence-electron chi connectivity index (χ1n) is 16.3. The van der Waals surface area contributed by atoms with Gasteiger partial charge >= 0.3 is 11.9 Å². The summed E-state index contributed by atoms with van der Waals surface area (Å²) in [6.07, 6.45) is -10.0. The average molecular weight is 657 g/mol. The highest BCUT2D eigenvalue weighted by Gasteiger charge is 2.69. The van der Waals surface area contributed by atoms with Crippen LogP contribution in [0.4, 0.5) is 0 Å². The van der Waals surface area contributed by atoms with Gasteiger partial charge in [-0.05, 0) is 86.5 Å². The molecule has 2 bridgehead atoms. The number of carboxylic acid groups (broad SMARTS) is 1. The van der Waals surface area contributed by atoms with Crippen LogP contribution in [0.25, 0.3) is 0 Å². The second kappa shape index (κ2) is 11.7. The van der Waals surface area contributed by atoms with Gasteiger partial charge in [0, 0.05) is 0 Å². The van der Waals surface area contributed by atoms with E-state index in [1.807, 2.05) is 6.92 Å². The van der Waals surface area contributed by atoms with Crippen molar-refractivity contribution in [2.24, 2.45) is 28.1 Å². The highest BCUT2D eigenvalue weighted by molar-refractivity contribution is 5.78. The lowest BCUT2D eigenvalue weighted by Crippen LogP contribution is -2.63. The van der Waals surface area contributed by atoms with E-state index in [0.717, 1.165) is 31.3 Å². The molecule has 2 heterocycles. The molecule has 6 fully saturated rings. The maximum absolute atomic E-state index is 13.9.